The van der Waals surface area contributed by atoms with Gasteiger partial charge in [0.1, 0.15) is 10.9 Å². The van der Waals surface area contributed by atoms with Gasteiger partial charge >= 0.3 is 11.9 Å². The van der Waals surface area contributed by atoms with E-state index in [0.717, 1.165) is 46.5 Å². The summed E-state index contributed by atoms with van der Waals surface area (Å²) in [5, 5.41) is 18.7. The number of thioether (sulfide) groups is 2. The van der Waals surface area contributed by atoms with E-state index in [0.29, 0.717) is 18.4 Å². The Balaban J connectivity index is 0.00000605. The van der Waals surface area contributed by atoms with E-state index in [1.165, 1.54) is 40.4 Å². The third-order valence-corrected chi connectivity index (χ3v) is 12.3. The number of hydrogen-bond donors (Lipinski definition) is 2. The number of aliphatic carboxylic acids is 2. The Hall–Kier alpha value is -3.86. The second-order valence-corrected chi connectivity index (χ2v) is 17.7. The molecule has 0 saturated heterocycles. The summed E-state index contributed by atoms with van der Waals surface area (Å²) in [5.41, 5.74) is 6.04. The summed E-state index contributed by atoms with van der Waals surface area (Å²) >= 11 is 8.17. The fourth-order valence-electron chi connectivity index (χ4n) is 6.73. The molecule has 0 aromatic heterocycles. The lowest BCUT2D eigenvalue weighted by atomic mass is 9.85. The summed E-state index contributed by atoms with van der Waals surface area (Å²) in [5.74, 6) is -1.90. The summed E-state index contributed by atoms with van der Waals surface area (Å²) in [6.07, 6.45) is 14.0. The molecule has 2 unspecified atom stereocenters. The predicted molar refractivity (Wildman–Crippen MR) is 223 cm³/mol. The van der Waals surface area contributed by atoms with Crippen LogP contribution in [0.4, 0.5) is 11.4 Å². The van der Waals surface area contributed by atoms with Crippen molar-refractivity contribution in [3.8, 4) is 0 Å². The Morgan fingerprint density at radius 2 is 1.50 bits per heavy atom. The van der Waals surface area contributed by atoms with Crippen molar-refractivity contribution < 1.29 is 24.6 Å². The summed E-state index contributed by atoms with van der Waals surface area (Å²) < 4.78 is 0.156. The summed E-state index contributed by atoms with van der Waals surface area (Å²) in [4.78, 5) is 40.4. The zero-order valence-electron chi connectivity index (χ0n) is 29.8. The first-order chi connectivity index (χ1) is 24.2. The molecule has 0 radical (unpaired) electrons. The highest BCUT2D eigenvalue weighted by Gasteiger charge is 2.42. The van der Waals surface area contributed by atoms with Gasteiger partial charge in [0.05, 0.1) is 5.41 Å². The maximum atomic E-state index is 12.8. The summed E-state index contributed by atoms with van der Waals surface area (Å²) in [6.45, 7) is 7.45. The predicted octanol–water partition coefficient (Wildman–Crippen LogP) is 10.6. The van der Waals surface area contributed by atoms with Crippen LogP contribution in [0, 0.1) is 5.41 Å². The number of anilines is 2. The van der Waals surface area contributed by atoms with Crippen LogP contribution in [0.15, 0.2) is 77.7 Å². The molecule has 0 spiro atoms. The van der Waals surface area contributed by atoms with Crippen LogP contribution in [-0.2, 0) is 14.4 Å². The molecule has 5 rings (SSSR count). The molecule has 0 bridgehead atoms. The normalized spacial score (nSPS) is 16.8. The monoisotopic (exact) mass is 758 g/mol. The molecule has 1 aliphatic carbocycles. The molecule has 52 heavy (non-hydrogen) atoms. The molecule has 1 heterocycles. The highest BCUT2D eigenvalue weighted by atomic mass is 32.2. The number of nitrogens with zero attached hydrogens (tertiary/aromatic N) is 2. The SMILES string of the molecule is C.CSC(=S)N(CC(=O)O)C(=O)/C=C/c1ccc2c(c1)C1CCCC1N2c1ccc(C=Cc2ccc(SC(C)(C)CCC(C)(C)C(=O)O)cc2)cc1. The van der Waals surface area contributed by atoms with Crippen LogP contribution in [0.1, 0.15) is 95.4 Å². The van der Waals surface area contributed by atoms with Crippen molar-refractivity contribution in [1.29, 1.82) is 0 Å². The van der Waals surface area contributed by atoms with Crippen molar-refractivity contribution in [2.75, 3.05) is 17.7 Å². The lowest BCUT2D eigenvalue weighted by molar-refractivity contribution is -0.147. The van der Waals surface area contributed by atoms with Crippen LogP contribution in [0.3, 0.4) is 0 Å². The van der Waals surface area contributed by atoms with Gasteiger partial charge in [0.2, 0.25) is 0 Å². The Kier molecular flexibility index (Phi) is 13.6. The van der Waals surface area contributed by atoms with Crippen molar-refractivity contribution in [2.45, 2.75) is 88.8 Å². The molecule has 2 N–H and O–H groups in total. The molecule has 1 fully saturated rings. The molecule has 2 atom stereocenters. The van der Waals surface area contributed by atoms with E-state index < -0.39 is 29.8 Å². The third kappa shape index (κ3) is 9.96. The minimum absolute atomic E-state index is 0. The standard InChI is InChI=1S/C41H46N2O5S3.CH4/c1-40(2,38(47)48)23-24-41(3,4)51-31-19-13-28(14-20-31)10-9-27-11-17-30(18-12-27)43-34-8-6-7-32(34)33-25-29(15-21-35(33)43)16-22-36(44)42(26-37(45)46)39(49)50-5;/h9-22,25,32,34H,6-8,23-24,26H2,1-5H3,(H,45,46)(H,47,48);1H4/b10-9?,22-16+;. The summed E-state index contributed by atoms with van der Waals surface area (Å²) in [6, 6.07) is 23.9. The number of fused-ring (bicyclic) bond motifs is 3. The third-order valence-electron chi connectivity index (χ3n) is 9.74. The second-order valence-electron chi connectivity index (χ2n) is 14.5. The van der Waals surface area contributed by atoms with Crippen LogP contribution >= 0.6 is 35.7 Å². The molecular weight excluding hydrogens is 709 g/mol. The average molecular weight is 759 g/mol. The number of rotatable bonds is 13. The van der Waals surface area contributed by atoms with Gasteiger partial charge in [-0.3, -0.25) is 19.3 Å². The molecule has 276 valence electrons. The number of carboxylic acid groups (broad SMARTS) is 2. The zero-order chi connectivity index (χ0) is 36.9. The molecular formula is C42H50N2O5S3. The topological polar surface area (TPSA) is 98.2 Å². The van der Waals surface area contributed by atoms with Gasteiger partial charge in [0.15, 0.2) is 0 Å². The van der Waals surface area contributed by atoms with E-state index >= 15 is 0 Å². The number of thiocarbonyl (C=S) groups is 1. The number of carbonyl (C=O) groups is 3. The minimum Gasteiger partial charge on any atom is -0.481 e. The average Bonchev–Trinajstić information content (AvgIpc) is 3.69. The van der Waals surface area contributed by atoms with Crippen molar-refractivity contribution in [2.24, 2.45) is 5.41 Å². The Morgan fingerprint density at radius 3 is 2.10 bits per heavy atom. The molecule has 2 aliphatic rings. The molecule has 1 amide bonds. The van der Waals surface area contributed by atoms with Gasteiger partial charge in [-0.15, -0.1) is 11.8 Å². The molecule has 3 aromatic carbocycles. The fourth-order valence-corrected chi connectivity index (χ4v) is 8.37. The number of benzene rings is 3. The highest BCUT2D eigenvalue weighted by molar-refractivity contribution is 8.22. The fraction of sp³-hybridized carbons (Fsp3) is 0.381. The highest BCUT2D eigenvalue weighted by Crippen LogP contribution is 2.52. The minimum atomic E-state index is -1.11. The Morgan fingerprint density at radius 1 is 0.885 bits per heavy atom. The van der Waals surface area contributed by atoms with Crippen LogP contribution in [-0.4, -0.2) is 60.9 Å². The zero-order valence-corrected chi connectivity index (χ0v) is 32.2. The number of hydrogen-bond acceptors (Lipinski definition) is 7. The number of carboxylic acids is 2. The van der Waals surface area contributed by atoms with E-state index in [-0.39, 0.29) is 16.5 Å². The maximum Gasteiger partial charge on any atom is 0.323 e. The number of carbonyl (C=O) groups excluding carboxylic acids is 1. The van der Waals surface area contributed by atoms with Gasteiger partial charge in [0, 0.05) is 39.1 Å². The van der Waals surface area contributed by atoms with E-state index in [2.05, 4.69) is 91.6 Å². The van der Waals surface area contributed by atoms with Gasteiger partial charge in [-0.25, -0.2) is 0 Å². The van der Waals surface area contributed by atoms with Gasteiger partial charge in [-0.2, -0.15) is 0 Å². The Labute approximate surface area is 322 Å². The smallest absolute Gasteiger partial charge is 0.323 e. The molecule has 1 saturated carbocycles. The molecule has 7 nitrogen and oxygen atoms in total. The largest absolute Gasteiger partial charge is 0.481 e. The van der Waals surface area contributed by atoms with E-state index in [9.17, 15) is 24.6 Å². The van der Waals surface area contributed by atoms with Gasteiger partial charge in [-0.05, 0) is 111 Å². The lowest BCUT2D eigenvalue weighted by Crippen LogP contribution is -2.37. The quantitative estimate of drug-likeness (QED) is 0.0764. The van der Waals surface area contributed by atoms with E-state index in [4.69, 9.17) is 12.2 Å². The van der Waals surface area contributed by atoms with E-state index in [1.54, 1.807) is 37.9 Å². The maximum absolute atomic E-state index is 12.8. The second kappa shape index (κ2) is 17.3. The van der Waals surface area contributed by atoms with E-state index in [1.807, 2.05) is 6.07 Å². The van der Waals surface area contributed by atoms with Gasteiger partial charge < -0.3 is 15.1 Å². The van der Waals surface area contributed by atoms with Crippen molar-refractivity contribution in [3.05, 3.63) is 95.1 Å². The molecule has 3 aromatic rings. The van der Waals surface area contributed by atoms with Crippen LogP contribution in [0.5, 0.6) is 0 Å². The first kappa shape index (κ1) is 40.9. The van der Waals surface area contributed by atoms with Crippen molar-refractivity contribution in [3.63, 3.8) is 0 Å². The first-order valence-electron chi connectivity index (χ1n) is 17.2. The molecule has 10 heteroatoms. The summed E-state index contributed by atoms with van der Waals surface area (Å²) in [7, 11) is 0. The van der Waals surface area contributed by atoms with Crippen LogP contribution in [0.2, 0.25) is 0 Å². The lowest BCUT2D eigenvalue weighted by Gasteiger charge is -2.28. The van der Waals surface area contributed by atoms with Crippen LogP contribution in [0.25, 0.3) is 18.2 Å². The van der Waals surface area contributed by atoms with Gasteiger partial charge in [-0.1, -0.05) is 94.2 Å². The van der Waals surface area contributed by atoms with Crippen molar-refractivity contribution >= 4 is 87.5 Å². The first-order valence-corrected chi connectivity index (χ1v) is 19.7. The Bertz CT molecular complexity index is 1830. The van der Waals surface area contributed by atoms with Crippen LogP contribution < -0.4 is 4.90 Å². The van der Waals surface area contributed by atoms with Crippen molar-refractivity contribution in [1.82, 2.24) is 4.90 Å². The number of amides is 1. The van der Waals surface area contributed by atoms with Gasteiger partial charge in [0.25, 0.3) is 5.91 Å². The molecule has 1 aliphatic heterocycles.